The summed E-state index contributed by atoms with van der Waals surface area (Å²) in [6.45, 7) is 3.86. The average Bonchev–Trinajstić information content (AvgIpc) is 3.33. The SMILES string of the molecule is CCCCCCCCCC/C=C\CCCCCCCCCCCCCCCCCCCCCC(=O)NC(COC1OC(CO)C(O)C(O)C1O)C(O)CCCCCCCCCCCCCCC. The fourth-order valence-corrected chi connectivity index (χ4v) is 9.69. The number of aliphatic hydroxyl groups is 5. The lowest BCUT2D eigenvalue weighted by molar-refractivity contribution is -0.302. The first-order valence-electron chi connectivity index (χ1n) is 29.4. The van der Waals surface area contributed by atoms with E-state index in [1.165, 1.54) is 231 Å². The molecule has 1 rings (SSSR count). The fraction of sp³-hybridized carbons (Fsp3) is 0.948. The monoisotopic (exact) mass is 952 g/mol. The molecule has 1 saturated heterocycles. The molecule has 0 aromatic carbocycles. The zero-order valence-electron chi connectivity index (χ0n) is 44.2. The van der Waals surface area contributed by atoms with Crippen LogP contribution < -0.4 is 5.32 Å². The number of carbonyl (C=O) groups is 1. The second-order valence-corrected chi connectivity index (χ2v) is 20.8. The lowest BCUT2D eigenvalue weighted by Gasteiger charge is -2.40. The minimum Gasteiger partial charge on any atom is -0.394 e. The first-order chi connectivity index (χ1) is 32.8. The summed E-state index contributed by atoms with van der Waals surface area (Å²) in [6.07, 6.45) is 52.6. The lowest BCUT2D eigenvalue weighted by Crippen LogP contribution is -2.60. The highest BCUT2D eigenvalue weighted by molar-refractivity contribution is 5.76. The zero-order valence-corrected chi connectivity index (χ0v) is 44.2. The van der Waals surface area contributed by atoms with Crippen molar-refractivity contribution in [2.24, 2.45) is 0 Å². The molecule has 0 aromatic heterocycles. The number of nitrogens with one attached hydrogen (secondary N) is 1. The summed E-state index contributed by atoms with van der Waals surface area (Å²) < 4.78 is 11.3. The standard InChI is InChI=1S/C58H113NO8/c1-3-5-7-9-11-13-15-17-18-19-20-21-22-23-24-25-26-27-28-29-30-31-32-33-34-36-38-40-42-44-46-48-54(62)59-51(50-66-58-57(65)56(64)55(63)53(49-60)67-58)52(61)47-45-43-41-39-37-35-16-14-12-10-8-6-4-2/h19-20,51-53,55-58,60-61,63-65H,3-18,21-50H2,1-2H3,(H,59,62)/b20-19-. The summed E-state index contributed by atoms with van der Waals surface area (Å²) in [5, 5.41) is 54.6. The zero-order chi connectivity index (χ0) is 48.7. The number of hydrogen-bond donors (Lipinski definition) is 6. The van der Waals surface area contributed by atoms with Crippen LogP contribution in [-0.4, -0.2) is 87.5 Å². The van der Waals surface area contributed by atoms with E-state index in [4.69, 9.17) is 9.47 Å². The van der Waals surface area contributed by atoms with E-state index in [1.54, 1.807) is 0 Å². The van der Waals surface area contributed by atoms with Crippen molar-refractivity contribution in [3.05, 3.63) is 12.2 Å². The van der Waals surface area contributed by atoms with Gasteiger partial charge in [0.2, 0.25) is 5.91 Å². The molecule has 67 heavy (non-hydrogen) atoms. The second kappa shape index (κ2) is 48.6. The molecule has 398 valence electrons. The van der Waals surface area contributed by atoms with Crippen molar-refractivity contribution < 1.29 is 39.8 Å². The molecule has 9 heteroatoms. The molecule has 0 aromatic rings. The maximum atomic E-state index is 13.1. The van der Waals surface area contributed by atoms with Crippen molar-refractivity contribution in [1.82, 2.24) is 5.32 Å². The Hall–Kier alpha value is -1.07. The van der Waals surface area contributed by atoms with Gasteiger partial charge in [0.25, 0.3) is 0 Å². The van der Waals surface area contributed by atoms with Crippen LogP contribution in [0.1, 0.15) is 296 Å². The van der Waals surface area contributed by atoms with Crippen molar-refractivity contribution in [2.75, 3.05) is 13.2 Å². The quantitative estimate of drug-likeness (QED) is 0.0261. The highest BCUT2D eigenvalue weighted by Gasteiger charge is 2.44. The Labute approximate surface area is 414 Å². The topological polar surface area (TPSA) is 149 Å². The first kappa shape index (κ1) is 63.9. The number of rotatable bonds is 51. The highest BCUT2D eigenvalue weighted by Crippen LogP contribution is 2.23. The Kier molecular flexibility index (Phi) is 46.3. The molecule has 0 radical (unpaired) electrons. The summed E-state index contributed by atoms with van der Waals surface area (Å²) in [5.41, 5.74) is 0. The largest absolute Gasteiger partial charge is 0.394 e. The van der Waals surface area contributed by atoms with Crippen LogP contribution in [0, 0.1) is 0 Å². The third kappa shape index (κ3) is 38.3. The second-order valence-electron chi connectivity index (χ2n) is 20.8. The van der Waals surface area contributed by atoms with Gasteiger partial charge in [-0.25, -0.2) is 0 Å². The van der Waals surface area contributed by atoms with Crippen molar-refractivity contribution >= 4 is 5.91 Å². The molecule has 0 spiro atoms. The van der Waals surface area contributed by atoms with Crippen LogP contribution >= 0.6 is 0 Å². The molecule has 7 atom stereocenters. The molecule has 9 nitrogen and oxygen atoms in total. The van der Waals surface area contributed by atoms with E-state index in [0.717, 1.165) is 38.5 Å². The number of ether oxygens (including phenoxy) is 2. The predicted molar refractivity (Wildman–Crippen MR) is 281 cm³/mol. The van der Waals surface area contributed by atoms with E-state index in [-0.39, 0.29) is 12.5 Å². The van der Waals surface area contributed by atoms with Crippen LogP contribution in [0.4, 0.5) is 0 Å². The molecular weight excluding hydrogens is 839 g/mol. The third-order valence-corrected chi connectivity index (χ3v) is 14.4. The highest BCUT2D eigenvalue weighted by atomic mass is 16.7. The number of hydrogen-bond acceptors (Lipinski definition) is 8. The molecule has 1 aliphatic rings. The fourth-order valence-electron chi connectivity index (χ4n) is 9.69. The van der Waals surface area contributed by atoms with Crippen LogP contribution in [0.15, 0.2) is 12.2 Å². The van der Waals surface area contributed by atoms with E-state index in [1.807, 2.05) is 0 Å². The Morgan fingerprint density at radius 3 is 1.21 bits per heavy atom. The summed E-state index contributed by atoms with van der Waals surface area (Å²) in [5.74, 6) is -0.139. The molecule has 1 fully saturated rings. The molecule has 7 unspecified atom stereocenters. The minimum absolute atomic E-state index is 0.133. The van der Waals surface area contributed by atoms with Crippen LogP contribution in [0.25, 0.3) is 0 Å². The van der Waals surface area contributed by atoms with E-state index in [2.05, 4.69) is 31.3 Å². The van der Waals surface area contributed by atoms with Crippen molar-refractivity contribution in [1.29, 1.82) is 0 Å². The molecule has 1 amide bonds. The Bertz CT molecular complexity index is 1060. The summed E-state index contributed by atoms with van der Waals surface area (Å²) in [4.78, 5) is 13.1. The smallest absolute Gasteiger partial charge is 0.220 e. The normalized spacial score (nSPS) is 19.7. The Balaban J connectivity index is 2.10. The van der Waals surface area contributed by atoms with Gasteiger partial charge < -0.3 is 40.3 Å². The van der Waals surface area contributed by atoms with Gasteiger partial charge in [0.1, 0.15) is 24.4 Å². The van der Waals surface area contributed by atoms with E-state index in [0.29, 0.717) is 12.8 Å². The van der Waals surface area contributed by atoms with Crippen LogP contribution in [-0.2, 0) is 14.3 Å². The van der Waals surface area contributed by atoms with Crippen molar-refractivity contribution in [3.8, 4) is 0 Å². The predicted octanol–water partition coefficient (Wildman–Crippen LogP) is 14.4. The van der Waals surface area contributed by atoms with E-state index >= 15 is 0 Å². The molecule has 1 aliphatic heterocycles. The van der Waals surface area contributed by atoms with Gasteiger partial charge in [-0.05, 0) is 38.5 Å². The van der Waals surface area contributed by atoms with E-state index in [9.17, 15) is 30.3 Å². The van der Waals surface area contributed by atoms with Gasteiger partial charge in [0.15, 0.2) is 6.29 Å². The van der Waals surface area contributed by atoms with Crippen LogP contribution in [0.3, 0.4) is 0 Å². The van der Waals surface area contributed by atoms with Gasteiger partial charge in [0, 0.05) is 6.42 Å². The maximum Gasteiger partial charge on any atom is 0.220 e. The number of allylic oxidation sites excluding steroid dienone is 2. The number of aliphatic hydroxyl groups excluding tert-OH is 5. The first-order valence-corrected chi connectivity index (χ1v) is 29.4. The summed E-state index contributed by atoms with van der Waals surface area (Å²) in [6, 6.07) is -0.714. The van der Waals surface area contributed by atoms with Crippen molar-refractivity contribution in [2.45, 2.75) is 339 Å². The maximum absolute atomic E-state index is 13.1. The van der Waals surface area contributed by atoms with E-state index < -0.39 is 49.5 Å². The van der Waals surface area contributed by atoms with Gasteiger partial charge >= 0.3 is 0 Å². The Morgan fingerprint density at radius 1 is 0.493 bits per heavy atom. The van der Waals surface area contributed by atoms with Crippen LogP contribution in [0.2, 0.25) is 0 Å². The van der Waals surface area contributed by atoms with Gasteiger partial charge in [-0.2, -0.15) is 0 Å². The number of unbranched alkanes of at least 4 members (excludes halogenated alkanes) is 39. The lowest BCUT2D eigenvalue weighted by atomic mass is 9.99. The molecule has 0 aliphatic carbocycles. The van der Waals surface area contributed by atoms with Gasteiger partial charge in [0.05, 0.1) is 25.4 Å². The van der Waals surface area contributed by atoms with Crippen LogP contribution in [0.5, 0.6) is 0 Å². The Morgan fingerprint density at radius 2 is 0.836 bits per heavy atom. The van der Waals surface area contributed by atoms with Crippen molar-refractivity contribution in [3.63, 3.8) is 0 Å². The van der Waals surface area contributed by atoms with Gasteiger partial charge in [-0.1, -0.05) is 264 Å². The molecule has 0 bridgehead atoms. The van der Waals surface area contributed by atoms with Gasteiger partial charge in [-0.15, -0.1) is 0 Å². The molecule has 1 heterocycles. The summed E-state index contributed by atoms with van der Waals surface area (Å²) >= 11 is 0. The number of carbonyl (C=O) groups excluding carboxylic acids is 1. The molecular formula is C58H113NO8. The number of amides is 1. The average molecular weight is 953 g/mol. The van der Waals surface area contributed by atoms with Gasteiger partial charge in [-0.3, -0.25) is 4.79 Å². The minimum atomic E-state index is -1.55. The molecule has 0 saturated carbocycles. The third-order valence-electron chi connectivity index (χ3n) is 14.4. The summed E-state index contributed by atoms with van der Waals surface area (Å²) in [7, 11) is 0. The molecule has 6 N–H and O–H groups in total.